The highest BCUT2D eigenvalue weighted by atomic mass is 16.5. The molecule has 0 bridgehead atoms. The van der Waals surface area contributed by atoms with E-state index in [4.69, 9.17) is 33.2 Å². The second-order valence-electron chi connectivity index (χ2n) is 15.4. The molecule has 2 aromatic heterocycles. The third-order valence-electron chi connectivity index (χ3n) is 11.1. The van der Waals surface area contributed by atoms with Gasteiger partial charge in [0.15, 0.2) is 23.0 Å². The number of esters is 1. The lowest BCUT2D eigenvalue weighted by Crippen LogP contribution is -2.43. The van der Waals surface area contributed by atoms with Crippen molar-refractivity contribution < 1.29 is 52.6 Å². The highest BCUT2D eigenvalue weighted by Crippen LogP contribution is 2.42. The second-order valence-corrected chi connectivity index (χ2v) is 15.4. The van der Waals surface area contributed by atoms with Crippen molar-refractivity contribution in [2.45, 2.75) is 39.7 Å². The number of methoxy groups -OCH3 is 7. The smallest absolute Gasteiger partial charge is 0.337 e. The number of benzene rings is 3. The van der Waals surface area contributed by atoms with E-state index in [1.165, 1.54) is 7.11 Å². The highest BCUT2D eigenvalue weighted by molar-refractivity contribution is 5.89. The number of anilines is 6. The van der Waals surface area contributed by atoms with Crippen LogP contribution in [0.1, 0.15) is 49.0 Å². The number of aromatic nitrogens is 4. The van der Waals surface area contributed by atoms with Gasteiger partial charge < -0.3 is 64.0 Å². The summed E-state index contributed by atoms with van der Waals surface area (Å²) in [5.74, 6) is 3.47. The molecule has 3 aromatic carbocycles. The molecule has 20 heteroatoms. The van der Waals surface area contributed by atoms with Crippen LogP contribution in [0.15, 0.2) is 73.1 Å². The number of hydrogen-bond donors (Lipinski definition) is 4. The van der Waals surface area contributed by atoms with E-state index in [-0.39, 0.29) is 25.2 Å². The third kappa shape index (κ3) is 13.0. The fraction of sp³-hybridized carbons (Fsp3) is 0.396. The molecule has 2 atom stereocenters. The molecule has 4 heterocycles. The first-order valence-electron chi connectivity index (χ1n) is 21.5. The minimum absolute atomic E-state index is 0. The molecule has 20 nitrogen and oxygen atoms in total. The van der Waals surface area contributed by atoms with Crippen molar-refractivity contribution in [2.75, 3.05) is 96.4 Å². The van der Waals surface area contributed by atoms with E-state index in [1.807, 2.05) is 17.0 Å². The van der Waals surface area contributed by atoms with Crippen LogP contribution in [0.2, 0.25) is 0 Å². The van der Waals surface area contributed by atoms with E-state index >= 15 is 0 Å². The van der Waals surface area contributed by atoms with Crippen LogP contribution in [0.3, 0.4) is 0 Å². The standard InChI is InChI=1S/C28H33N5O6.C19H24N4O5.CH4/c1-36-22-14-21(15-23(37-2)25(22)38-3)31-28-29-11-10-24(32-28)33-12-6-9-20(17-33)26(34)30-16-18-7-5-8-19(13-18)27(35)39-4;1-26-14-9-13(10-15(27-2)17(14)28-3)21-19-20-7-6-16(22-19)23-8-4-5-12(11-23)18(24)25;/h5,7-8,10-11,13-15,20H,6,9,12,16-17H2,1-4H3,(H,30,34)(H,29,31,32);6-7,9-10,12H,4-5,8,11H2,1-3H3,(H,24,25)(H,20,21,22);1H4/t20-;12-;/m00./s1. The lowest BCUT2D eigenvalue weighted by Gasteiger charge is -2.33. The topological polar surface area (TPSA) is 230 Å². The van der Waals surface area contributed by atoms with Crippen LogP contribution in [-0.2, 0) is 20.9 Å². The molecule has 0 unspecified atom stereocenters. The maximum absolute atomic E-state index is 13.0. The van der Waals surface area contributed by atoms with Gasteiger partial charge in [-0.25, -0.2) is 14.8 Å². The highest BCUT2D eigenvalue weighted by Gasteiger charge is 2.28. The average molecular weight is 940 g/mol. The van der Waals surface area contributed by atoms with Crippen molar-refractivity contribution in [2.24, 2.45) is 11.8 Å². The number of carbonyl (C=O) groups excluding carboxylic acids is 2. The number of ether oxygens (including phenoxy) is 7. The molecular formula is C48H61N9O11. The van der Waals surface area contributed by atoms with Crippen LogP contribution in [0.5, 0.6) is 34.5 Å². The molecule has 2 fully saturated rings. The van der Waals surface area contributed by atoms with E-state index in [2.05, 4.69) is 40.8 Å². The number of nitrogens with one attached hydrogen (secondary N) is 3. The summed E-state index contributed by atoms with van der Waals surface area (Å²) in [4.78, 5) is 58.0. The van der Waals surface area contributed by atoms with E-state index < -0.39 is 11.9 Å². The second kappa shape index (κ2) is 24.7. The molecule has 0 radical (unpaired) electrons. The van der Waals surface area contributed by atoms with Crippen molar-refractivity contribution in [3.63, 3.8) is 0 Å². The first-order chi connectivity index (χ1) is 32.5. The summed E-state index contributed by atoms with van der Waals surface area (Å²) in [6, 6.07) is 17.7. The SMILES string of the molecule is C.COC(=O)c1cccc(CNC(=O)[C@H]2CCCN(c3ccnc(Nc4cc(OC)c(OC)c(OC)c4)n3)C2)c1.COc1cc(Nc2nccc(N3CCC[C@H](C(=O)O)C3)n2)cc(OC)c1OC. The summed E-state index contributed by atoms with van der Waals surface area (Å²) in [5.41, 5.74) is 2.63. The van der Waals surface area contributed by atoms with Crippen LogP contribution < -0.4 is 54.2 Å². The summed E-state index contributed by atoms with van der Waals surface area (Å²) in [7, 11) is 10.6. The van der Waals surface area contributed by atoms with Gasteiger partial charge in [0.1, 0.15) is 11.6 Å². The molecule has 0 saturated carbocycles. The Balaban J connectivity index is 0.000000264. The number of aliphatic carboxylic acids is 1. The van der Waals surface area contributed by atoms with Gasteiger partial charge in [-0.1, -0.05) is 19.6 Å². The van der Waals surface area contributed by atoms with Crippen LogP contribution in [-0.4, -0.2) is 119 Å². The van der Waals surface area contributed by atoms with Crippen molar-refractivity contribution in [3.8, 4) is 34.5 Å². The third-order valence-corrected chi connectivity index (χ3v) is 11.1. The molecule has 2 saturated heterocycles. The Bertz CT molecular complexity index is 2440. The van der Waals surface area contributed by atoms with Gasteiger partial charge in [-0.05, 0) is 55.5 Å². The first-order valence-corrected chi connectivity index (χ1v) is 21.5. The predicted molar refractivity (Wildman–Crippen MR) is 257 cm³/mol. The van der Waals surface area contributed by atoms with Crippen molar-refractivity contribution in [1.29, 1.82) is 0 Å². The quantitative estimate of drug-likeness (QED) is 0.0707. The van der Waals surface area contributed by atoms with Gasteiger partial charge in [0.2, 0.25) is 29.3 Å². The zero-order chi connectivity index (χ0) is 47.9. The molecular weight excluding hydrogens is 879 g/mol. The Labute approximate surface area is 396 Å². The summed E-state index contributed by atoms with van der Waals surface area (Å²) < 4.78 is 37.1. The van der Waals surface area contributed by atoms with Crippen LogP contribution in [0.4, 0.5) is 34.9 Å². The lowest BCUT2D eigenvalue weighted by atomic mass is 9.97. The minimum atomic E-state index is -0.769. The largest absolute Gasteiger partial charge is 0.493 e. The summed E-state index contributed by atoms with van der Waals surface area (Å²) >= 11 is 0. The zero-order valence-corrected chi connectivity index (χ0v) is 38.7. The molecule has 68 heavy (non-hydrogen) atoms. The van der Waals surface area contributed by atoms with E-state index in [0.29, 0.717) is 95.2 Å². The van der Waals surface area contributed by atoms with E-state index in [1.54, 1.807) is 104 Å². The summed E-state index contributed by atoms with van der Waals surface area (Å²) in [6.07, 6.45) is 6.47. The maximum atomic E-state index is 13.0. The number of amides is 1. The van der Waals surface area contributed by atoms with Crippen LogP contribution >= 0.6 is 0 Å². The molecule has 0 spiro atoms. The Kier molecular flexibility index (Phi) is 18.6. The number of piperidine rings is 2. The number of hydrogen-bond acceptors (Lipinski definition) is 18. The van der Waals surface area contributed by atoms with Crippen molar-refractivity contribution in [1.82, 2.24) is 25.3 Å². The van der Waals surface area contributed by atoms with Gasteiger partial charge in [0, 0.05) is 80.8 Å². The molecule has 5 aromatic rings. The Morgan fingerprint density at radius 2 is 1.12 bits per heavy atom. The molecule has 364 valence electrons. The molecule has 1 amide bonds. The Hall–Kier alpha value is -7.77. The van der Waals surface area contributed by atoms with E-state index in [0.717, 1.165) is 43.7 Å². The van der Waals surface area contributed by atoms with Crippen LogP contribution in [0, 0.1) is 11.8 Å². The predicted octanol–water partition coefficient (Wildman–Crippen LogP) is 6.75. The molecule has 7 rings (SSSR count). The number of carboxylic acids is 1. The van der Waals surface area contributed by atoms with Crippen molar-refractivity contribution in [3.05, 3.63) is 84.2 Å². The molecule has 0 aliphatic carbocycles. The van der Waals surface area contributed by atoms with Gasteiger partial charge in [0.05, 0.1) is 67.2 Å². The zero-order valence-electron chi connectivity index (χ0n) is 38.7. The van der Waals surface area contributed by atoms with E-state index in [9.17, 15) is 19.5 Å². The number of carbonyl (C=O) groups is 3. The van der Waals surface area contributed by atoms with Gasteiger partial charge in [-0.3, -0.25) is 9.59 Å². The Morgan fingerprint density at radius 3 is 1.56 bits per heavy atom. The molecule has 2 aliphatic rings. The Morgan fingerprint density at radius 1 is 0.647 bits per heavy atom. The number of rotatable bonds is 17. The normalized spacial score (nSPS) is 15.2. The number of carboxylic acid groups (broad SMARTS) is 1. The minimum Gasteiger partial charge on any atom is -0.493 e. The average Bonchev–Trinajstić information content (AvgIpc) is 3.37. The fourth-order valence-electron chi connectivity index (χ4n) is 7.78. The fourth-order valence-corrected chi connectivity index (χ4v) is 7.78. The van der Waals surface area contributed by atoms with Gasteiger partial charge in [-0.2, -0.15) is 9.97 Å². The monoisotopic (exact) mass is 939 g/mol. The maximum Gasteiger partial charge on any atom is 0.337 e. The molecule has 4 N–H and O–H groups in total. The molecule has 2 aliphatic heterocycles. The van der Waals surface area contributed by atoms with Gasteiger partial charge in [-0.15, -0.1) is 0 Å². The lowest BCUT2D eigenvalue weighted by molar-refractivity contribution is -0.142. The van der Waals surface area contributed by atoms with Gasteiger partial charge >= 0.3 is 11.9 Å². The van der Waals surface area contributed by atoms with Crippen molar-refractivity contribution >= 4 is 52.8 Å². The number of nitrogens with zero attached hydrogens (tertiary/aromatic N) is 6. The van der Waals surface area contributed by atoms with Gasteiger partial charge in [0.25, 0.3) is 0 Å². The summed E-state index contributed by atoms with van der Waals surface area (Å²) in [5, 5.41) is 18.6. The first kappa shape index (κ1) is 51.2. The van der Waals surface area contributed by atoms with Crippen LogP contribution in [0.25, 0.3) is 0 Å². The summed E-state index contributed by atoms with van der Waals surface area (Å²) in [6.45, 7) is 2.86.